The Kier molecular flexibility index (Phi) is 7.94. The maximum atomic E-state index is 13.8. The molecule has 3 aromatic rings. The molecule has 0 spiro atoms. The fourth-order valence-electron chi connectivity index (χ4n) is 4.23. The van der Waals surface area contributed by atoms with Gasteiger partial charge in [-0.3, -0.25) is 14.4 Å². The summed E-state index contributed by atoms with van der Waals surface area (Å²) < 4.78 is 26.7. The fraction of sp³-hybridized carbons (Fsp3) is 0.222. The Morgan fingerprint density at radius 3 is 2.24 bits per heavy atom. The van der Waals surface area contributed by atoms with Crippen LogP contribution in [0.3, 0.4) is 0 Å². The van der Waals surface area contributed by atoms with Gasteiger partial charge in [0.25, 0.3) is 15.9 Å². The number of amides is 3. The molecule has 1 aliphatic heterocycles. The lowest BCUT2D eigenvalue weighted by molar-refractivity contribution is -0.141. The molecule has 3 amide bonds. The predicted octanol–water partition coefficient (Wildman–Crippen LogP) is 3.26. The van der Waals surface area contributed by atoms with E-state index < -0.39 is 34.4 Å². The second kappa shape index (κ2) is 11.1. The number of benzene rings is 3. The van der Waals surface area contributed by atoms with Crippen LogP contribution in [0.15, 0.2) is 83.8 Å². The van der Waals surface area contributed by atoms with Crippen molar-refractivity contribution in [2.45, 2.75) is 30.8 Å². The topological polar surface area (TPSA) is 104 Å². The Morgan fingerprint density at radius 1 is 0.946 bits per heavy atom. The molecule has 192 valence electrons. The number of fused-ring (bicyclic) bond motifs is 1. The molecule has 4 rings (SSSR count). The first-order valence-corrected chi connectivity index (χ1v) is 13.6. The van der Waals surface area contributed by atoms with Crippen LogP contribution >= 0.6 is 11.6 Å². The normalized spacial score (nSPS) is 14.6. The number of rotatable bonds is 9. The number of nitrogens with zero attached hydrogens (tertiary/aromatic N) is 2. The van der Waals surface area contributed by atoms with Crippen LogP contribution in [0, 0.1) is 0 Å². The zero-order valence-corrected chi connectivity index (χ0v) is 21.7. The number of hydrogen-bond acceptors (Lipinski definition) is 5. The van der Waals surface area contributed by atoms with Crippen molar-refractivity contribution in [3.63, 3.8) is 0 Å². The third-order valence-corrected chi connectivity index (χ3v) is 8.12. The fourth-order valence-corrected chi connectivity index (χ4v) is 5.88. The predicted molar refractivity (Wildman–Crippen MR) is 139 cm³/mol. The molecular weight excluding hydrogens is 514 g/mol. The molecule has 3 aromatic carbocycles. The third kappa shape index (κ3) is 5.68. The summed E-state index contributed by atoms with van der Waals surface area (Å²) in [6, 6.07) is 20.9. The van der Waals surface area contributed by atoms with Gasteiger partial charge in [-0.1, -0.05) is 66.2 Å². The van der Waals surface area contributed by atoms with Crippen molar-refractivity contribution in [1.82, 2.24) is 14.5 Å². The molecule has 10 heteroatoms. The molecule has 0 aliphatic carbocycles. The Balaban J connectivity index is 1.70. The van der Waals surface area contributed by atoms with Gasteiger partial charge in [0.1, 0.15) is 17.5 Å². The van der Waals surface area contributed by atoms with Crippen LogP contribution in [0.5, 0.6) is 0 Å². The van der Waals surface area contributed by atoms with E-state index in [2.05, 4.69) is 5.32 Å². The molecule has 1 heterocycles. The molecule has 0 aromatic heterocycles. The van der Waals surface area contributed by atoms with Crippen molar-refractivity contribution < 1.29 is 22.8 Å². The highest BCUT2D eigenvalue weighted by Gasteiger charge is 2.43. The summed E-state index contributed by atoms with van der Waals surface area (Å²) in [6.45, 7) is 1.41. The van der Waals surface area contributed by atoms with Gasteiger partial charge in [0.2, 0.25) is 11.8 Å². The van der Waals surface area contributed by atoms with Crippen LogP contribution in [-0.2, 0) is 32.6 Å². The lowest BCUT2D eigenvalue weighted by atomic mass is 10.0. The number of sulfonamides is 1. The number of hydrogen-bond donors (Lipinski definition) is 1. The molecule has 0 fully saturated rings. The van der Waals surface area contributed by atoms with E-state index in [0.717, 1.165) is 5.56 Å². The van der Waals surface area contributed by atoms with Crippen molar-refractivity contribution >= 4 is 39.3 Å². The van der Waals surface area contributed by atoms with Crippen LogP contribution in [0.4, 0.5) is 0 Å². The zero-order chi connectivity index (χ0) is 26.6. The minimum atomic E-state index is -4.20. The van der Waals surface area contributed by atoms with Crippen LogP contribution in [-0.4, -0.2) is 54.5 Å². The monoisotopic (exact) mass is 539 g/mol. The number of likely N-dealkylation sites (N-methyl/N-ethyl adjacent to an activating group) is 1. The molecule has 1 atom stereocenters. The van der Waals surface area contributed by atoms with Gasteiger partial charge in [-0.05, 0) is 42.3 Å². The van der Waals surface area contributed by atoms with E-state index in [0.29, 0.717) is 21.4 Å². The van der Waals surface area contributed by atoms with Crippen molar-refractivity contribution in [3.8, 4) is 0 Å². The summed E-state index contributed by atoms with van der Waals surface area (Å²) in [5.74, 6) is -1.83. The van der Waals surface area contributed by atoms with E-state index in [1.54, 1.807) is 37.3 Å². The summed E-state index contributed by atoms with van der Waals surface area (Å²) in [6.07, 6.45) is 0.201. The van der Waals surface area contributed by atoms with Crippen molar-refractivity contribution in [3.05, 3.63) is 101 Å². The second-order valence-electron chi connectivity index (χ2n) is 8.56. The van der Waals surface area contributed by atoms with Crippen molar-refractivity contribution in [2.24, 2.45) is 0 Å². The van der Waals surface area contributed by atoms with Crippen LogP contribution < -0.4 is 5.32 Å². The molecule has 1 aliphatic rings. The number of carbonyl (C=O) groups is 3. The standard InChI is InChI=1S/C27H26ClN3O5S/c1-2-29-26(33)23(16-19-8-4-3-5-9-19)30(17-20-12-14-21(28)15-13-20)25(32)18-31-27(34)22-10-6-7-11-24(22)37(31,35)36/h3-15,23H,2,16-18H2,1H3,(H,29,33)/t23-/m1/s1. The van der Waals surface area contributed by atoms with E-state index in [9.17, 15) is 22.8 Å². The summed E-state index contributed by atoms with van der Waals surface area (Å²) in [5.41, 5.74) is 1.54. The first-order chi connectivity index (χ1) is 17.7. The van der Waals surface area contributed by atoms with Gasteiger partial charge >= 0.3 is 0 Å². The van der Waals surface area contributed by atoms with Crippen molar-refractivity contribution in [1.29, 1.82) is 0 Å². The molecule has 0 bridgehead atoms. The first-order valence-electron chi connectivity index (χ1n) is 11.7. The van der Waals surface area contributed by atoms with E-state index >= 15 is 0 Å². The van der Waals surface area contributed by atoms with Crippen molar-refractivity contribution in [2.75, 3.05) is 13.1 Å². The Hall–Kier alpha value is -3.69. The summed E-state index contributed by atoms with van der Waals surface area (Å²) in [5, 5.41) is 3.29. The van der Waals surface area contributed by atoms with Gasteiger partial charge in [0.15, 0.2) is 0 Å². The highest BCUT2D eigenvalue weighted by atomic mass is 35.5. The minimum absolute atomic E-state index is 0.0136. The quantitative estimate of drug-likeness (QED) is 0.449. The molecule has 0 radical (unpaired) electrons. The largest absolute Gasteiger partial charge is 0.355 e. The molecule has 1 N–H and O–H groups in total. The van der Waals surface area contributed by atoms with Gasteiger partial charge in [0, 0.05) is 24.5 Å². The van der Waals surface area contributed by atoms with Gasteiger partial charge in [-0.2, -0.15) is 0 Å². The van der Waals surface area contributed by atoms with Crippen LogP contribution in [0.25, 0.3) is 0 Å². The Bertz CT molecular complexity index is 1410. The van der Waals surface area contributed by atoms with Crippen LogP contribution in [0.1, 0.15) is 28.4 Å². The molecular formula is C27H26ClN3O5S. The second-order valence-corrected chi connectivity index (χ2v) is 10.8. The first kappa shape index (κ1) is 26.4. The average molecular weight is 540 g/mol. The van der Waals surface area contributed by atoms with E-state index in [-0.39, 0.29) is 29.3 Å². The lowest BCUT2D eigenvalue weighted by Crippen LogP contribution is -2.53. The lowest BCUT2D eigenvalue weighted by Gasteiger charge is -2.32. The maximum absolute atomic E-state index is 13.8. The Labute approximate surface area is 220 Å². The SMILES string of the molecule is CCNC(=O)[C@@H](Cc1ccccc1)N(Cc1ccc(Cl)cc1)C(=O)CN1C(=O)c2ccccc2S1(=O)=O. The average Bonchev–Trinajstić information content (AvgIpc) is 3.08. The number of nitrogens with one attached hydrogen (secondary N) is 1. The highest BCUT2D eigenvalue weighted by Crippen LogP contribution is 2.30. The summed E-state index contributed by atoms with van der Waals surface area (Å²) >= 11 is 6.02. The highest BCUT2D eigenvalue weighted by molar-refractivity contribution is 7.90. The Morgan fingerprint density at radius 2 is 1.59 bits per heavy atom. The molecule has 37 heavy (non-hydrogen) atoms. The molecule has 0 unspecified atom stereocenters. The molecule has 0 saturated carbocycles. The van der Waals surface area contributed by atoms with Gasteiger partial charge in [-0.15, -0.1) is 0 Å². The summed E-state index contributed by atoms with van der Waals surface area (Å²) in [7, 11) is -4.20. The molecule has 0 saturated heterocycles. The van der Waals surface area contributed by atoms with Gasteiger partial charge in [0.05, 0.1) is 5.56 Å². The third-order valence-electron chi connectivity index (χ3n) is 6.08. The van der Waals surface area contributed by atoms with Gasteiger partial charge < -0.3 is 10.2 Å². The number of halogens is 1. The van der Waals surface area contributed by atoms with E-state index in [1.807, 2.05) is 30.3 Å². The number of carbonyl (C=O) groups excluding carboxylic acids is 3. The molecule has 8 nitrogen and oxygen atoms in total. The minimum Gasteiger partial charge on any atom is -0.355 e. The smallest absolute Gasteiger partial charge is 0.269 e. The zero-order valence-electron chi connectivity index (χ0n) is 20.1. The van der Waals surface area contributed by atoms with E-state index in [1.165, 1.54) is 23.1 Å². The summed E-state index contributed by atoms with van der Waals surface area (Å²) in [4.78, 5) is 41.1. The van der Waals surface area contributed by atoms with Crippen LogP contribution in [0.2, 0.25) is 5.02 Å². The van der Waals surface area contributed by atoms with Gasteiger partial charge in [-0.25, -0.2) is 12.7 Å². The van der Waals surface area contributed by atoms with E-state index in [4.69, 9.17) is 11.6 Å². The maximum Gasteiger partial charge on any atom is 0.269 e.